The topological polar surface area (TPSA) is 237 Å². The van der Waals surface area contributed by atoms with Gasteiger partial charge in [0.1, 0.15) is 19.3 Å². The van der Waals surface area contributed by atoms with Gasteiger partial charge in [-0.05, 0) is 25.7 Å². The highest BCUT2D eigenvalue weighted by molar-refractivity contribution is 7.47. The van der Waals surface area contributed by atoms with Gasteiger partial charge in [-0.3, -0.25) is 37.3 Å². The van der Waals surface area contributed by atoms with Crippen molar-refractivity contribution in [2.24, 2.45) is 0 Å². The van der Waals surface area contributed by atoms with E-state index >= 15 is 0 Å². The zero-order valence-corrected chi connectivity index (χ0v) is 56.4. The van der Waals surface area contributed by atoms with Crippen LogP contribution in [0.4, 0.5) is 0 Å². The van der Waals surface area contributed by atoms with Gasteiger partial charge in [0.2, 0.25) is 0 Å². The van der Waals surface area contributed by atoms with Crippen LogP contribution in [0.1, 0.15) is 342 Å². The lowest BCUT2D eigenvalue weighted by Gasteiger charge is -2.21. The summed E-state index contributed by atoms with van der Waals surface area (Å²) in [5, 5.41) is 10.5. The fourth-order valence-electron chi connectivity index (χ4n) is 9.99. The standard InChI is InChI=1S/C66H128O17P2/c1-5-9-13-17-21-25-27-28-29-30-31-32-33-35-37-41-45-49-53-66(71)83-62(57-77-64(69)51-47-43-40-36-34-26-22-18-14-10-6-2)59-81-85(74,75)79-55-60(67)54-78-84(72,73)80-58-61(82-65(70)52-48-44-39-24-20-16-12-8-4)56-76-63(68)50-46-42-38-23-19-15-11-7-3/h60-62,67H,5-59H2,1-4H3,(H,72,73)(H,74,75)/t60-,61+,62+/m0/s1. The van der Waals surface area contributed by atoms with E-state index in [0.29, 0.717) is 25.7 Å². The Balaban J connectivity index is 5.16. The molecule has 0 aromatic rings. The summed E-state index contributed by atoms with van der Waals surface area (Å²) in [5.74, 6) is -2.13. The van der Waals surface area contributed by atoms with Crippen LogP contribution >= 0.6 is 15.6 Å². The quantitative estimate of drug-likeness (QED) is 0.0222. The van der Waals surface area contributed by atoms with E-state index in [9.17, 15) is 43.2 Å². The van der Waals surface area contributed by atoms with Crippen molar-refractivity contribution in [3.05, 3.63) is 0 Å². The van der Waals surface area contributed by atoms with Gasteiger partial charge in [-0.2, -0.15) is 0 Å². The van der Waals surface area contributed by atoms with E-state index in [4.69, 9.17) is 37.0 Å². The number of ether oxygens (including phenoxy) is 4. The first-order chi connectivity index (χ1) is 41.2. The number of aliphatic hydroxyl groups is 1. The van der Waals surface area contributed by atoms with E-state index in [-0.39, 0.29) is 25.7 Å². The van der Waals surface area contributed by atoms with Gasteiger partial charge in [0.25, 0.3) is 0 Å². The molecule has 0 saturated carbocycles. The minimum atomic E-state index is -4.94. The number of carbonyl (C=O) groups excluding carboxylic acids is 4. The molecule has 0 radical (unpaired) electrons. The third-order valence-electron chi connectivity index (χ3n) is 15.4. The highest BCUT2D eigenvalue weighted by Gasteiger charge is 2.30. The van der Waals surface area contributed by atoms with Crippen LogP contribution in [0, 0.1) is 0 Å². The van der Waals surface area contributed by atoms with Crippen LogP contribution in [0.25, 0.3) is 0 Å². The van der Waals surface area contributed by atoms with Crippen LogP contribution in [0.5, 0.6) is 0 Å². The normalized spacial score (nSPS) is 14.1. The Kier molecular flexibility index (Phi) is 59.6. The SMILES string of the molecule is CCCCCCCCCCCCCCCCCCCCC(=O)O[C@H](COC(=O)CCCCCCCCCCCCC)COP(=O)(O)OC[C@@H](O)COP(=O)(O)OC[C@@H](COC(=O)CCCCCCCCCC)OC(=O)CCCCCCCCCC. The summed E-state index contributed by atoms with van der Waals surface area (Å²) in [7, 11) is -9.88. The lowest BCUT2D eigenvalue weighted by molar-refractivity contribution is -0.161. The minimum absolute atomic E-state index is 0.105. The molecule has 17 nitrogen and oxygen atoms in total. The summed E-state index contributed by atoms with van der Waals surface area (Å²) in [6.45, 7) is 4.86. The van der Waals surface area contributed by atoms with E-state index in [2.05, 4.69) is 27.7 Å². The minimum Gasteiger partial charge on any atom is -0.462 e. The Morgan fingerprint density at radius 1 is 0.282 bits per heavy atom. The highest BCUT2D eigenvalue weighted by Crippen LogP contribution is 2.45. The molecule has 0 aliphatic heterocycles. The molecule has 0 aliphatic carbocycles. The lowest BCUT2D eigenvalue weighted by atomic mass is 10.0. The molecule has 5 atom stereocenters. The molecule has 0 aliphatic rings. The van der Waals surface area contributed by atoms with Gasteiger partial charge in [0.15, 0.2) is 12.2 Å². The van der Waals surface area contributed by atoms with E-state index in [1.54, 1.807) is 0 Å². The van der Waals surface area contributed by atoms with E-state index < -0.39 is 97.5 Å². The van der Waals surface area contributed by atoms with Gasteiger partial charge in [-0.25, -0.2) is 9.13 Å². The Morgan fingerprint density at radius 3 is 0.694 bits per heavy atom. The molecular formula is C66H128O17P2. The van der Waals surface area contributed by atoms with E-state index in [1.165, 1.54) is 161 Å². The number of hydrogen-bond acceptors (Lipinski definition) is 15. The molecule has 504 valence electrons. The van der Waals surface area contributed by atoms with Crippen LogP contribution in [-0.4, -0.2) is 96.7 Å². The molecule has 85 heavy (non-hydrogen) atoms. The van der Waals surface area contributed by atoms with Gasteiger partial charge in [0, 0.05) is 25.7 Å². The summed E-state index contributed by atoms with van der Waals surface area (Å²) in [6, 6.07) is 0. The Bertz CT molecular complexity index is 1640. The summed E-state index contributed by atoms with van der Waals surface area (Å²) >= 11 is 0. The van der Waals surface area contributed by atoms with Gasteiger partial charge in [0.05, 0.1) is 26.4 Å². The van der Waals surface area contributed by atoms with Crippen molar-refractivity contribution in [3.63, 3.8) is 0 Å². The molecule has 0 aromatic heterocycles. The number of phosphoric ester groups is 2. The first kappa shape index (κ1) is 83.1. The van der Waals surface area contributed by atoms with Gasteiger partial charge < -0.3 is 33.8 Å². The second-order valence-corrected chi connectivity index (χ2v) is 26.8. The smallest absolute Gasteiger partial charge is 0.462 e. The number of unbranched alkanes of at least 4 members (excludes halogenated alkanes) is 41. The average molecular weight is 1260 g/mol. The second-order valence-electron chi connectivity index (χ2n) is 23.9. The molecular weight excluding hydrogens is 1130 g/mol. The van der Waals surface area contributed by atoms with Crippen LogP contribution in [0.15, 0.2) is 0 Å². The first-order valence-corrected chi connectivity index (χ1v) is 37.8. The van der Waals surface area contributed by atoms with Crippen LogP contribution in [0.2, 0.25) is 0 Å². The zero-order chi connectivity index (χ0) is 62.6. The molecule has 19 heteroatoms. The molecule has 0 saturated heterocycles. The predicted octanol–water partition coefficient (Wildman–Crippen LogP) is 18.7. The Morgan fingerprint density at radius 2 is 0.471 bits per heavy atom. The van der Waals surface area contributed by atoms with Crippen molar-refractivity contribution in [2.75, 3.05) is 39.6 Å². The summed E-state index contributed by atoms with van der Waals surface area (Å²) in [4.78, 5) is 72.1. The number of phosphoric acid groups is 2. The Labute approximate surface area is 517 Å². The molecule has 3 N–H and O–H groups in total. The van der Waals surface area contributed by atoms with E-state index in [0.717, 1.165) is 103 Å². The van der Waals surface area contributed by atoms with Crippen LogP contribution < -0.4 is 0 Å². The maximum Gasteiger partial charge on any atom is 0.472 e. The number of hydrogen-bond donors (Lipinski definition) is 3. The zero-order valence-electron chi connectivity index (χ0n) is 54.6. The van der Waals surface area contributed by atoms with Crippen molar-refractivity contribution >= 4 is 39.5 Å². The highest BCUT2D eigenvalue weighted by atomic mass is 31.2. The predicted molar refractivity (Wildman–Crippen MR) is 340 cm³/mol. The van der Waals surface area contributed by atoms with Crippen molar-refractivity contribution in [1.29, 1.82) is 0 Å². The second kappa shape index (κ2) is 60.9. The molecule has 0 amide bonds. The van der Waals surface area contributed by atoms with Crippen LogP contribution in [0.3, 0.4) is 0 Å². The van der Waals surface area contributed by atoms with Crippen molar-refractivity contribution in [3.8, 4) is 0 Å². The molecule has 0 fully saturated rings. The van der Waals surface area contributed by atoms with Crippen molar-refractivity contribution in [2.45, 2.75) is 361 Å². The lowest BCUT2D eigenvalue weighted by Crippen LogP contribution is -2.30. The van der Waals surface area contributed by atoms with Crippen LogP contribution in [-0.2, 0) is 65.4 Å². The summed E-state index contributed by atoms with van der Waals surface area (Å²) in [6.07, 6.45) is 47.3. The molecule has 0 spiro atoms. The fraction of sp³-hybridized carbons (Fsp3) is 0.939. The summed E-state index contributed by atoms with van der Waals surface area (Å²) in [5.41, 5.74) is 0. The molecule has 2 unspecified atom stereocenters. The van der Waals surface area contributed by atoms with Crippen molar-refractivity contribution in [1.82, 2.24) is 0 Å². The van der Waals surface area contributed by atoms with Crippen molar-refractivity contribution < 1.29 is 80.2 Å². The maximum absolute atomic E-state index is 13.0. The fourth-order valence-corrected chi connectivity index (χ4v) is 11.6. The number of aliphatic hydroxyl groups excluding tert-OH is 1. The Hall–Kier alpha value is -1.94. The third-order valence-corrected chi connectivity index (χ3v) is 17.3. The molecule has 0 heterocycles. The van der Waals surface area contributed by atoms with Gasteiger partial charge in [-0.15, -0.1) is 0 Å². The van der Waals surface area contributed by atoms with Gasteiger partial charge >= 0.3 is 39.5 Å². The van der Waals surface area contributed by atoms with E-state index in [1.807, 2.05) is 0 Å². The number of rotatable bonds is 67. The maximum atomic E-state index is 13.0. The third kappa shape index (κ3) is 60.7. The average Bonchev–Trinajstić information content (AvgIpc) is 3.61. The number of carbonyl (C=O) groups is 4. The molecule has 0 aromatic carbocycles. The molecule has 0 rings (SSSR count). The summed E-state index contributed by atoms with van der Waals surface area (Å²) < 4.78 is 67.9. The van der Waals surface area contributed by atoms with Gasteiger partial charge in [-0.1, -0.05) is 291 Å². The molecule has 0 bridgehead atoms. The first-order valence-electron chi connectivity index (χ1n) is 34.8. The number of esters is 4. The largest absolute Gasteiger partial charge is 0.472 e. The monoisotopic (exact) mass is 1250 g/mol.